The van der Waals surface area contributed by atoms with Crippen molar-refractivity contribution in [3.8, 4) is 16.9 Å². The highest BCUT2D eigenvalue weighted by molar-refractivity contribution is 5.99. The Labute approximate surface area is 92.8 Å². The van der Waals surface area contributed by atoms with E-state index < -0.39 is 0 Å². The second-order valence-electron chi connectivity index (χ2n) is 3.33. The van der Waals surface area contributed by atoms with Crippen LogP contribution in [0.4, 0.5) is 0 Å². The van der Waals surface area contributed by atoms with Crippen LogP contribution in [0.25, 0.3) is 11.1 Å². The first kappa shape index (κ1) is 10.4. The van der Waals surface area contributed by atoms with Gasteiger partial charge in [-0.1, -0.05) is 23.4 Å². The van der Waals surface area contributed by atoms with Crippen LogP contribution in [0.5, 0.6) is 5.75 Å². The molecule has 0 amide bonds. The Kier molecular flexibility index (Phi) is 2.72. The fraction of sp³-hybridized carbons (Fsp3) is 0.167. The number of methoxy groups -OCH3 is 1. The molecule has 0 aliphatic carbocycles. The second-order valence-corrected chi connectivity index (χ2v) is 3.33. The molecule has 0 saturated heterocycles. The first-order valence-electron chi connectivity index (χ1n) is 4.82. The molecule has 1 aromatic heterocycles. The third kappa shape index (κ3) is 1.69. The summed E-state index contributed by atoms with van der Waals surface area (Å²) in [6.45, 7) is 1.46. The lowest BCUT2D eigenvalue weighted by Gasteiger charge is -2.06. The number of carbonyl (C=O) groups excluding carboxylic acids is 1. The zero-order valence-electron chi connectivity index (χ0n) is 9.06. The number of nitrogens with zero attached hydrogens (tertiary/aromatic N) is 1. The highest BCUT2D eigenvalue weighted by atomic mass is 16.5. The molecule has 2 aromatic rings. The summed E-state index contributed by atoms with van der Waals surface area (Å²) in [5, 5.41) is 3.69. The quantitative estimate of drug-likeness (QED) is 0.741. The van der Waals surface area contributed by atoms with Crippen LogP contribution in [0.3, 0.4) is 0 Å². The molecule has 0 spiro atoms. The summed E-state index contributed by atoms with van der Waals surface area (Å²) in [6.07, 6.45) is 1.45. The second kappa shape index (κ2) is 4.18. The van der Waals surface area contributed by atoms with Gasteiger partial charge >= 0.3 is 0 Å². The third-order valence-corrected chi connectivity index (χ3v) is 2.30. The minimum absolute atomic E-state index is 0.130. The van der Waals surface area contributed by atoms with Gasteiger partial charge in [-0.05, 0) is 6.07 Å². The minimum Gasteiger partial charge on any atom is -0.496 e. The van der Waals surface area contributed by atoms with E-state index in [2.05, 4.69) is 5.16 Å². The predicted octanol–water partition coefficient (Wildman–Crippen LogP) is 2.55. The van der Waals surface area contributed by atoms with Gasteiger partial charge in [-0.2, -0.15) is 0 Å². The molecule has 0 bridgehead atoms. The molecule has 0 fully saturated rings. The molecule has 2 rings (SSSR count). The van der Waals surface area contributed by atoms with Crippen molar-refractivity contribution in [2.45, 2.75) is 6.92 Å². The van der Waals surface area contributed by atoms with Crippen LogP contribution in [0.2, 0.25) is 0 Å². The normalized spacial score (nSPS) is 10.1. The molecule has 0 atom stereocenters. The van der Waals surface area contributed by atoms with Gasteiger partial charge in [-0.3, -0.25) is 4.79 Å². The van der Waals surface area contributed by atoms with Crippen LogP contribution in [0.15, 0.2) is 35.1 Å². The van der Waals surface area contributed by atoms with E-state index in [0.29, 0.717) is 17.0 Å². The van der Waals surface area contributed by atoms with Crippen LogP contribution in [0.1, 0.15) is 17.4 Å². The van der Waals surface area contributed by atoms with Crippen molar-refractivity contribution < 1.29 is 14.1 Å². The first-order chi connectivity index (χ1) is 7.74. The van der Waals surface area contributed by atoms with Gasteiger partial charge in [0.15, 0.2) is 11.5 Å². The predicted molar refractivity (Wildman–Crippen MR) is 58.5 cm³/mol. The van der Waals surface area contributed by atoms with Crippen LogP contribution < -0.4 is 4.74 Å². The number of ketones is 1. The Hall–Kier alpha value is -2.10. The van der Waals surface area contributed by atoms with Gasteiger partial charge in [0, 0.05) is 12.5 Å². The number of aromatic nitrogens is 1. The van der Waals surface area contributed by atoms with E-state index in [1.165, 1.54) is 13.2 Å². The molecule has 1 heterocycles. The zero-order valence-corrected chi connectivity index (χ0v) is 9.06. The smallest absolute Gasteiger partial charge is 0.182 e. The Morgan fingerprint density at radius 3 is 2.75 bits per heavy atom. The SMILES string of the molecule is COc1ccccc1-c1conc1C(C)=O. The van der Waals surface area contributed by atoms with Gasteiger partial charge in [0.1, 0.15) is 12.0 Å². The van der Waals surface area contributed by atoms with Gasteiger partial charge in [0.05, 0.1) is 12.7 Å². The first-order valence-corrected chi connectivity index (χ1v) is 4.82. The highest BCUT2D eigenvalue weighted by Gasteiger charge is 2.16. The Morgan fingerprint density at radius 1 is 1.31 bits per heavy atom. The summed E-state index contributed by atoms with van der Waals surface area (Å²) in [6, 6.07) is 7.42. The number of benzene rings is 1. The van der Waals surface area contributed by atoms with Crippen molar-refractivity contribution in [1.29, 1.82) is 0 Å². The van der Waals surface area contributed by atoms with Crippen molar-refractivity contribution in [3.05, 3.63) is 36.2 Å². The van der Waals surface area contributed by atoms with Crippen LogP contribution in [-0.2, 0) is 0 Å². The summed E-state index contributed by atoms with van der Waals surface area (Å²) in [4.78, 5) is 11.3. The highest BCUT2D eigenvalue weighted by Crippen LogP contribution is 2.31. The van der Waals surface area contributed by atoms with E-state index >= 15 is 0 Å². The molecule has 0 aliphatic rings. The average Bonchev–Trinajstić information content (AvgIpc) is 2.77. The zero-order chi connectivity index (χ0) is 11.5. The maximum absolute atomic E-state index is 11.3. The molecule has 16 heavy (non-hydrogen) atoms. The maximum atomic E-state index is 11.3. The molecule has 0 aliphatic heterocycles. The van der Waals surface area contributed by atoms with Gasteiger partial charge in [-0.25, -0.2) is 0 Å². The van der Waals surface area contributed by atoms with Crippen molar-refractivity contribution in [1.82, 2.24) is 5.16 Å². The summed E-state index contributed by atoms with van der Waals surface area (Å²) in [5.74, 6) is 0.558. The van der Waals surface area contributed by atoms with Gasteiger partial charge in [-0.15, -0.1) is 0 Å². The lowest BCUT2D eigenvalue weighted by Crippen LogP contribution is -1.96. The largest absolute Gasteiger partial charge is 0.496 e. The lowest BCUT2D eigenvalue weighted by molar-refractivity contribution is 0.101. The van der Waals surface area contributed by atoms with Gasteiger partial charge < -0.3 is 9.26 Å². The van der Waals surface area contributed by atoms with E-state index in [9.17, 15) is 4.79 Å². The summed E-state index contributed by atoms with van der Waals surface area (Å²) >= 11 is 0. The molecule has 4 nitrogen and oxygen atoms in total. The topological polar surface area (TPSA) is 52.3 Å². The number of ether oxygens (including phenoxy) is 1. The molecule has 0 N–H and O–H groups in total. The lowest BCUT2D eigenvalue weighted by atomic mass is 10.0. The molecule has 1 aromatic carbocycles. The fourth-order valence-electron chi connectivity index (χ4n) is 1.55. The van der Waals surface area contributed by atoms with Gasteiger partial charge in [0.25, 0.3) is 0 Å². The maximum Gasteiger partial charge on any atom is 0.182 e. The average molecular weight is 217 g/mol. The van der Waals surface area contributed by atoms with Crippen molar-refractivity contribution >= 4 is 5.78 Å². The number of rotatable bonds is 3. The Balaban J connectivity index is 2.58. The van der Waals surface area contributed by atoms with Crippen LogP contribution in [0, 0.1) is 0 Å². The molecular weight excluding hydrogens is 206 g/mol. The van der Waals surface area contributed by atoms with Crippen LogP contribution >= 0.6 is 0 Å². The fourth-order valence-corrected chi connectivity index (χ4v) is 1.55. The number of hydrogen-bond acceptors (Lipinski definition) is 4. The number of carbonyl (C=O) groups is 1. The van der Waals surface area contributed by atoms with Gasteiger partial charge in [0.2, 0.25) is 0 Å². The molecule has 0 saturated carbocycles. The van der Waals surface area contributed by atoms with E-state index in [1.807, 2.05) is 24.3 Å². The summed E-state index contributed by atoms with van der Waals surface area (Å²) < 4.78 is 10.1. The van der Waals surface area contributed by atoms with E-state index in [1.54, 1.807) is 7.11 Å². The third-order valence-electron chi connectivity index (χ3n) is 2.30. The Bertz CT molecular complexity index is 516. The van der Waals surface area contributed by atoms with Crippen molar-refractivity contribution in [2.24, 2.45) is 0 Å². The monoisotopic (exact) mass is 217 g/mol. The van der Waals surface area contributed by atoms with E-state index in [4.69, 9.17) is 9.26 Å². The summed E-state index contributed by atoms with van der Waals surface area (Å²) in [5.41, 5.74) is 1.78. The minimum atomic E-state index is -0.130. The molecular formula is C12H11NO3. The number of Topliss-reactive ketones (excluding diaryl/α,β-unsaturated/α-hetero) is 1. The van der Waals surface area contributed by atoms with Crippen molar-refractivity contribution in [2.75, 3.05) is 7.11 Å². The molecule has 4 heteroatoms. The summed E-state index contributed by atoms with van der Waals surface area (Å²) in [7, 11) is 1.58. The number of para-hydroxylation sites is 1. The van der Waals surface area contributed by atoms with E-state index in [-0.39, 0.29) is 5.78 Å². The Morgan fingerprint density at radius 2 is 2.06 bits per heavy atom. The standard InChI is InChI=1S/C12H11NO3/c1-8(14)12-10(7-16-13-12)9-5-3-4-6-11(9)15-2/h3-7H,1-2H3. The molecule has 0 radical (unpaired) electrons. The van der Waals surface area contributed by atoms with E-state index in [0.717, 1.165) is 5.56 Å². The van der Waals surface area contributed by atoms with Crippen LogP contribution in [-0.4, -0.2) is 18.0 Å². The van der Waals surface area contributed by atoms with Crippen molar-refractivity contribution in [3.63, 3.8) is 0 Å². The molecule has 82 valence electrons. The molecule has 0 unspecified atom stereocenters. The number of hydrogen-bond donors (Lipinski definition) is 0.